The average Bonchev–Trinajstić information content (AvgIpc) is 2.39. The van der Waals surface area contributed by atoms with Crippen molar-refractivity contribution in [3.8, 4) is 0 Å². The second kappa shape index (κ2) is 7.64. The van der Waals surface area contributed by atoms with E-state index in [2.05, 4.69) is 5.32 Å². The standard InChI is InChI=1S/C15H13FN2O2.BrH/c1-11(19)17-14-3-2-8-18(9-14)10-15(20)12-4-6-13(16)7-5-12;/h2-9H,10H2,1H3;1H. The second-order valence-electron chi connectivity index (χ2n) is 4.38. The van der Waals surface area contributed by atoms with E-state index in [0.29, 0.717) is 11.3 Å². The van der Waals surface area contributed by atoms with Gasteiger partial charge >= 0.3 is 0 Å². The smallest absolute Gasteiger partial charge is 0.227 e. The summed E-state index contributed by atoms with van der Waals surface area (Å²) in [5.41, 5.74) is 1.07. The van der Waals surface area contributed by atoms with E-state index in [4.69, 9.17) is 0 Å². The summed E-state index contributed by atoms with van der Waals surface area (Å²) in [5.74, 6) is -0.676. The van der Waals surface area contributed by atoms with Crippen molar-refractivity contribution in [1.29, 1.82) is 0 Å². The quantitative estimate of drug-likeness (QED) is 0.564. The Kier molecular flexibility index (Phi) is 6.17. The fraction of sp³-hybridized carbons (Fsp3) is 0.133. The minimum absolute atomic E-state index is 0. The zero-order chi connectivity index (χ0) is 14.5. The van der Waals surface area contributed by atoms with Gasteiger partial charge in [-0.3, -0.25) is 9.59 Å². The minimum Gasteiger partial charge on any atom is -1.00 e. The fourth-order valence-electron chi connectivity index (χ4n) is 1.79. The van der Waals surface area contributed by atoms with E-state index in [1.807, 2.05) is 0 Å². The van der Waals surface area contributed by atoms with E-state index in [-0.39, 0.29) is 41.0 Å². The number of carbonyl (C=O) groups excluding carboxylic acids is 2. The molecular weight excluding hydrogens is 339 g/mol. The normalized spacial score (nSPS) is 9.62. The van der Waals surface area contributed by atoms with Crippen LogP contribution in [0.15, 0.2) is 48.8 Å². The number of benzene rings is 1. The van der Waals surface area contributed by atoms with Crippen LogP contribution in [0.1, 0.15) is 17.3 Å². The van der Waals surface area contributed by atoms with Gasteiger partial charge in [-0.2, -0.15) is 4.57 Å². The van der Waals surface area contributed by atoms with Gasteiger partial charge in [0.25, 0.3) is 0 Å². The largest absolute Gasteiger partial charge is 1.00 e. The van der Waals surface area contributed by atoms with E-state index >= 15 is 0 Å². The number of nitrogens with one attached hydrogen (secondary N) is 1. The maximum absolute atomic E-state index is 12.8. The predicted molar refractivity (Wildman–Crippen MR) is 71.7 cm³/mol. The number of nitrogens with zero attached hydrogens (tertiary/aromatic N) is 1. The maximum atomic E-state index is 12.8. The number of amides is 1. The van der Waals surface area contributed by atoms with Crippen molar-refractivity contribution < 1.29 is 35.5 Å². The van der Waals surface area contributed by atoms with Gasteiger partial charge in [0.15, 0.2) is 12.4 Å². The number of hydrogen-bond acceptors (Lipinski definition) is 2. The highest BCUT2D eigenvalue weighted by atomic mass is 79.9. The molecule has 6 heteroatoms. The van der Waals surface area contributed by atoms with Crippen LogP contribution >= 0.6 is 0 Å². The zero-order valence-electron chi connectivity index (χ0n) is 11.3. The van der Waals surface area contributed by atoms with Crippen molar-refractivity contribution in [2.24, 2.45) is 0 Å². The van der Waals surface area contributed by atoms with Crippen molar-refractivity contribution in [3.05, 3.63) is 60.2 Å². The molecule has 0 bridgehead atoms. The molecule has 0 saturated heterocycles. The van der Waals surface area contributed by atoms with Crippen LogP contribution in [0.2, 0.25) is 0 Å². The summed E-state index contributed by atoms with van der Waals surface area (Å²) in [6, 6.07) is 8.90. The van der Waals surface area contributed by atoms with Crippen LogP contribution in [-0.2, 0) is 11.3 Å². The topological polar surface area (TPSA) is 50.1 Å². The summed E-state index contributed by atoms with van der Waals surface area (Å²) in [6.07, 6.45) is 3.40. The Bertz CT molecular complexity index is 644. The van der Waals surface area contributed by atoms with Gasteiger partial charge in [-0.05, 0) is 30.3 Å². The molecule has 0 aliphatic carbocycles. The molecule has 1 amide bonds. The molecule has 4 nitrogen and oxygen atoms in total. The molecule has 1 heterocycles. The van der Waals surface area contributed by atoms with E-state index < -0.39 is 0 Å². The van der Waals surface area contributed by atoms with E-state index in [9.17, 15) is 14.0 Å². The third kappa shape index (κ3) is 5.07. The lowest BCUT2D eigenvalue weighted by Gasteiger charge is -2.01. The molecule has 0 saturated carbocycles. The van der Waals surface area contributed by atoms with Crippen LogP contribution in [0.3, 0.4) is 0 Å². The number of carbonyl (C=O) groups is 2. The number of ketones is 1. The van der Waals surface area contributed by atoms with E-state index in [1.54, 1.807) is 29.1 Å². The Morgan fingerprint density at radius 1 is 1.19 bits per heavy atom. The molecule has 110 valence electrons. The zero-order valence-corrected chi connectivity index (χ0v) is 12.9. The van der Waals surface area contributed by atoms with Crippen LogP contribution in [0.4, 0.5) is 10.1 Å². The monoisotopic (exact) mass is 352 g/mol. The molecule has 0 fully saturated rings. The molecule has 0 aliphatic rings. The van der Waals surface area contributed by atoms with Crippen molar-refractivity contribution in [3.63, 3.8) is 0 Å². The fourth-order valence-corrected chi connectivity index (χ4v) is 1.79. The number of halogens is 2. The average molecular weight is 353 g/mol. The molecule has 2 rings (SSSR count). The molecule has 1 N–H and O–H groups in total. The number of anilines is 1. The lowest BCUT2D eigenvalue weighted by molar-refractivity contribution is -0.682. The summed E-state index contributed by atoms with van der Waals surface area (Å²) >= 11 is 0. The summed E-state index contributed by atoms with van der Waals surface area (Å²) in [4.78, 5) is 23.0. The molecule has 0 aliphatic heterocycles. The van der Waals surface area contributed by atoms with Crippen LogP contribution in [-0.4, -0.2) is 11.7 Å². The van der Waals surface area contributed by atoms with Crippen molar-refractivity contribution in [2.75, 3.05) is 5.32 Å². The minimum atomic E-state index is -0.373. The summed E-state index contributed by atoms with van der Waals surface area (Å²) in [6.45, 7) is 1.54. The number of pyridine rings is 1. The summed E-state index contributed by atoms with van der Waals surface area (Å²) in [5, 5.41) is 2.65. The van der Waals surface area contributed by atoms with Crippen molar-refractivity contribution in [1.82, 2.24) is 0 Å². The Morgan fingerprint density at radius 2 is 1.86 bits per heavy atom. The van der Waals surface area contributed by atoms with Crippen molar-refractivity contribution >= 4 is 17.4 Å². The van der Waals surface area contributed by atoms with Gasteiger partial charge < -0.3 is 22.3 Å². The molecule has 0 unspecified atom stereocenters. The third-order valence-corrected chi connectivity index (χ3v) is 2.67. The predicted octanol–water partition coefficient (Wildman–Crippen LogP) is -1.04. The molecular formula is C15H14BrFN2O2. The Morgan fingerprint density at radius 3 is 2.48 bits per heavy atom. The SMILES string of the molecule is CC(=O)Nc1ccc[n+](CC(=O)c2ccc(F)cc2)c1.[Br-]. The number of hydrogen-bond donors (Lipinski definition) is 1. The molecule has 0 spiro atoms. The van der Waals surface area contributed by atoms with E-state index in [1.165, 1.54) is 31.2 Å². The Hall–Kier alpha value is -2.08. The van der Waals surface area contributed by atoms with Gasteiger partial charge in [0, 0.05) is 18.6 Å². The van der Waals surface area contributed by atoms with Gasteiger partial charge in [-0.25, -0.2) is 4.39 Å². The maximum Gasteiger partial charge on any atom is 0.227 e. The van der Waals surface area contributed by atoms with Gasteiger partial charge in [-0.1, -0.05) is 0 Å². The van der Waals surface area contributed by atoms with Gasteiger partial charge in [0.1, 0.15) is 11.5 Å². The first kappa shape index (κ1) is 17.0. The highest BCUT2D eigenvalue weighted by molar-refractivity contribution is 5.95. The van der Waals surface area contributed by atoms with E-state index in [0.717, 1.165) is 0 Å². The van der Waals surface area contributed by atoms with Crippen LogP contribution in [0, 0.1) is 5.82 Å². The highest BCUT2D eigenvalue weighted by Gasteiger charge is 2.12. The second-order valence-corrected chi connectivity index (χ2v) is 4.38. The Labute approximate surface area is 132 Å². The molecule has 1 aromatic carbocycles. The van der Waals surface area contributed by atoms with Gasteiger partial charge in [0.2, 0.25) is 18.2 Å². The molecule has 1 aromatic heterocycles. The first-order valence-corrected chi connectivity index (χ1v) is 6.10. The first-order chi connectivity index (χ1) is 9.54. The molecule has 21 heavy (non-hydrogen) atoms. The Balaban J connectivity index is 0.00000220. The van der Waals surface area contributed by atoms with Crippen LogP contribution < -0.4 is 26.9 Å². The molecule has 0 atom stereocenters. The highest BCUT2D eigenvalue weighted by Crippen LogP contribution is 2.05. The summed E-state index contributed by atoms with van der Waals surface area (Å²) < 4.78 is 14.5. The third-order valence-electron chi connectivity index (χ3n) is 2.67. The lowest BCUT2D eigenvalue weighted by atomic mass is 10.1. The van der Waals surface area contributed by atoms with Crippen LogP contribution in [0.25, 0.3) is 0 Å². The number of aromatic nitrogens is 1. The lowest BCUT2D eigenvalue weighted by Crippen LogP contribution is -3.00. The van der Waals surface area contributed by atoms with Crippen molar-refractivity contribution in [2.45, 2.75) is 13.5 Å². The summed E-state index contributed by atoms with van der Waals surface area (Å²) in [7, 11) is 0. The van der Waals surface area contributed by atoms with Gasteiger partial charge in [0.05, 0.1) is 0 Å². The first-order valence-electron chi connectivity index (χ1n) is 6.10. The number of Topliss-reactive ketones (excluding diaryl/α,β-unsaturated/α-hetero) is 1. The number of rotatable bonds is 4. The molecule has 0 radical (unpaired) electrons. The van der Waals surface area contributed by atoms with Crippen LogP contribution in [0.5, 0.6) is 0 Å². The van der Waals surface area contributed by atoms with Gasteiger partial charge in [-0.15, -0.1) is 0 Å². The molecule has 2 aromatic rings.